The van der Waals surface area contributed by atoms with Crippen molar-refractivity contribution in [1.29, 1.82) is 0 Å². The number of hydrogen-bond donors (Lipinski definition) is 2. The molecule has 1 aliphatic heterocycles. The van der Waals surface area contributed by atoms with Crippen LogP contribution in [0.25, 0.3) is 11.3 Å². The fourth-order valence-corrected chi connectivity index (χ4v) is 3.33. The quantitative estimate of drug-likeness (QED) is 0.480. The molecule has 27 heavy (non-hydrogen) atoms. The molecule has 0 aliphatic carbocycles. The van der Waals surface area contributed by atoms with Crippen LogP contribution >= 0.6 is 0 Å². The van der Waals surface area contributed by atoms with Crippen molar-refractivity contribution >= 4 is 11.9 Å². The standard InChI is InChI=1S/C20H27N5O2/c1-3-27-19(26)16-10-7-11-25(14-16)20(21-2)23-13-18-22-12-17(24-18)15-8-5-4-6-9-15/h4-6,8-9,12,16H,3,7,10-11,13-14H2,1-2H3,(H,21,23)(H,22,24). The van der Waals surface area contributed by atoms with Crippen LogP contribution in [0.3, 0.4) is 0 Å². The van der Waals surface area contributed by atoms with Crippen molar-refractivity contribution in [1.82, 2.24) is 20.2 Å². The third-order valence-electron chi connectivity index (χ3n) is 4.68. The lowest BCUT2D eigenvalue weighted by Crippen LogP contribution is -2.48. The van der Waals surface area contributed by atoms with Gasteiger partial charge in [-0.15, -0.1) is 0 Å². The Hall–Kier alpha value is -2.83. The first-order valence-corrected chi connectivity index (χ1v) is 9.42. The second kappa shape index (κ2) is 9.21. The predicted molar refractivity (Wildman–Crippen MR) is 105 cm³/mol. The van der Waals surface area contributed by atoms with Gasteiger partial charge in [-0.05, 0) is 25.3 Å². The van der Waals surface area contributed by atoms with E-state index in [9.17, 15) is 4.79 Å². The normalized spacial score (nSPS) is 17.6. The van der Waals surface area contributed by atoms with Crippen LogP contribution in [0.1, 0.15) is 25.6 Å². The molecule has 1 aromatic carbocycles. The minimum atomic E-state index is -0.115. The summed E-state index contributed by atoms with van der Waals surface area (Å²) >= 11 is 0. The molecule has 1 atom stereocenters. The molecule has 0 bridgehead atoms. The topological polar surface area (TPSA) is 82.6 Å². The summed E-state index contributed by atoms with van der Waals surface area (Å²) in [4.78, 5) is 26.3. The van der Waals surface area contributed by atoms with E-state index in [-0.39, 0.29) is 11.9 Å². The molecule has 1 aromatic heterocycles. The Labute approximate surface area is 159 Å². The van der Waals surface area contributed by atoms with Gasteiger partial charge in [-0.25, -0.2) is 4.98 Å². The number of benzene rings is 1. The number of piperidine rings is 1. The smallest absolute Gasteiger partial charge is 0.310 e. The second-order valence-corrected chi connectivity index (χ2v) is 6.55. The number of carbonyl (C=O) groups excluding carboxylic acids is 1. The Balaban J connectivity index is 1.58. The lowest BCUT2D eigenvalue weighted by Gasteiger charge is -2.33. The maximum Gasteiger partial charge on any atom is 0.310 e. The number of aromatic nitrogens is 2. The number of H-pyrrole nitrogens is 1. The molecule has 0 spiro atoms. The van der Waals surface area contributed by atoms with Crippen molar-refractivity contribution in [2.75, 3.05) is 26.7 Å². The molecular formula is C20H27N5O2. The Morgan fingerprint density at radius 2 is 2.22 bits per heavy atom. The first-order chi connectivity index (χ1) is 13.2. The van der Waals surface area contributed by atoms with E-state index in [0.29, 0.717) is 19.7 Å². The fraction of sp³-hybridized carbons (Fsp3) is 0.450. The van der Waals surface area contributed by atoms with Crippen molar-refractivity contribution in [3.8, 4) is 11.3 Å². The minimum absolute atomic E-state index is 0.0921. The van der Waals surface area contributed by atoms with E-state index in [4.69, 9.17) is 4.74 Å². The van der Waals surface area contributed by atoms with Crippen LogP contribution in [-0.2, 0) is 16.1 Å². The Bertz CT molecular complexity index is 772. The molecule has 1 aliphatic rings. The number of aromatic amines is 1. The Morgan fingerprint density at radius 3 is 2.96 bits per heavy atom. The zero-order valence-corrected chi connectivity index (χ0v) is 15.9. The molecule has 1 saturated heterocycles. The number of guanidine groups is 1. The van der Waals surface area contributed by atoms with Crippen LogP contribution in [0.5, 0.6) is 0 Å². The number of nitrogens with one attached hydrogen (secondary N) is 2. The summed E-state index contributed by atoms with van der Waals surface area (Å²) in [7, 11) is 1.76. The number of esters is 1. The molecule has 2 heterocycles. The molecule has 0 amide bonds. The predicted octanol–water partition coefficient (Wildman–Crippen LogP) is 2.43. The molecule has 7 nitrogen and oxygen atoms in total. The van der Waals surface area contributed by atoms with E-state index >= 15 is 0 Å². The van der Waals surface area contributed by atoms with Crippen LogP contribution in [0.4, 0.5) is 0 Å². The van der Waals surface area contributed by atoms with E-state index in [1.807, 2.05) is 43.5 Å². The van der Waals surface area contributed by atoms with Gasteiger partial charge in [-0.3, -0.25) is 9.79 Å². The molecule has 7 heteroatoms. The van der Waals surface area contributed by atoms with Gasteiger partial charge in [0, 0.05) is 20.1 Å². The van der Waals surface area contributed by atoms with Gasteiger partial charge in [-0.1, -0.05) is 30.3 Å². The largest absolute Gasteiger partial charge is 0.466 e. The summed E-state index contributed by atoms with van der Waals surface area (Å²) in [6.45, 7) is 4.31. The summed E-state index contributed by atoms with van der Waals surface area (Å²) in [6.07, 6.45) is 3.65. The number of imidazole rings is 1. The highest BCUT2D eigenvalue weighted by Gasteiger charge is 2.28. The molecule has 2 aromatic rings. The highest BCUT2D eigenvalue weighted by molar-refractivity contribution is 5.81. The van der Waals surface area contributed by atoms with Crippen LogP contribution in [0.2, 0.25) is 0 Å². The fourth-order valence-electron chi connectivity index (χ4n) is 3.33. The monoisotopic (exact) mass is 369 g/mol. The molecule has 0 radical (unpaired) electrons. The van der Waals surface area contributed by atoms with E-state index in [1.165, 1.54) is 0 Å². The van der Waals surface area contributed by atoms with Gasteiger partial charge in [0.15, 0.2) is 5.96 Å². The van der Waals surface area contributed by atoms with E-state index < -0.39 is 0 Å². The number of nitrogens with zero attached hydrogens (tertiary/aromatic N) is 3. The van der Waals surface area contributed by atoms with Gasteiger partial charge >= 0.3 is 5.97 Å². The van der Waals surface area contributed by atoms with Crippen LogP contribution in [0.15, 0.2) is 41.5 Å². The summed E-state index contributed by atoms with van der Waals surface area (Å²) in [5.74, 6) is 1.41. The molecular weight excluding hydrogens is 342 g/mol. The Kier molecular flexibility index (Phi) is 6.46. The average Bonchev–Trinajstić information content (AvgIpc) is 3.19. The van der Waals surface area contributed by atoms with Crippen LogP contribution in [-0.4, -0.2) is 53.5 Å². The van der Waals surface area contributed by atoms with E-state index in [1.54, 1.807) is 7.05 Å². The molecule has 2 N–H and O–H groups in total. The third-order valence-corrected chi connectivity index (χ3v) is 4.68. The number of ether oxygens (including phenoxy) is 1. The average molecular weight is 369 g/mol. The van der Waals surface area contributed by atoms with Gasteiger partial charge in [0.25, 0.3) is 0 Å². The van der Waals surface area contributed by atoms with Crippen LogP contribution in [0, 0.1) is 5.92 Å². The van der Waals surface area contributed by atoms with Crippen molar-refractivity contribution in [3.05, 3.63) is 42.4 Å². The van der Waals surface area contributed by atoms with Crippen LogP contribution < -0.4 is 5.32 Å². The highest BCUT2D eigenvalue weighted by Crippen LogP contribution is 2.19. The van der Waals surface area contributed by atoms with Gasteiger partial charge in [-0.2, -0.15) is 0 Å². The number of hydrogen-bond acceptors (Lipinski definition) is 4. The van der Waals surface area contributed by atoms with Gasteiger partial charge in [0.1, 0.15) is 5.82 Å². The number of rotatable bonds is 5. The highest BCUT2D eigenvalue weighted by atomic mass is 16.5. The second-order valence-electron chi connectivity index (χ2n) is 6.55. The maximum absolute atomic E-state index is 12.0. The van der Waals surface area contributed by atoms with Gasteiger partial charge in [0.2, 0.25) is 0 Å². The van der Waals surface area contributed by atoms with Crippen molar-refractivity contribution < 1.29 is 9.53 Å². The first-order valence-electron chi connectivity index (χ1n) is 9.42. The minimum Gasteiger partial charge on any atom is -0.466 e. The molecule has 1 fully saturated rings. The van der Waals surface area contributed by atoms with Crippen molar-refractivity contribution in [3.63, 3.8) is 0 Å². The molecule has 144 valence electrons. The SMILES string of the molecule is CCOC(=O)C1CCCN(C(=NC)NCc2ncc(-c3ccccc3)[nH]2)C1. The number of aliphatic imine (C=N–C) groups is 1. The van der Waals surface area contributed by atoms with Gasteiger partial charge in [0.05, 0.1) is 31.0 Å². The zero-order valence-electron chi connectivity index (χ0n) is 15.9. The zero-order chi connectivity index (χ0) is 19.1. The summed E-state index contributed by atoms with van der Waals surface area (Å²) in [6, 6.07) is 10.1. The Morgan fingerprint density at radius 1 is 1.41 bits per heavy atom. The summed E-state index contributed by atoms with van der Waals surface area (Å²) in [5, 5.41) is 3.34. The first kappa shape index (κ1) is 18.9. The van der Waals surface area contributed by atoms with Gasteiger partial charge < -0.3 is 19.9 Å². The third kappa shape index (κ3) is 4.87. The maximum atomic E-state index is 12.0. The summed E-state index contributed by atoms with van der Waals surface area (Å²) < 4.78 is 5.18. The van der Waals surface area contributed by atoms with E-state index in [2.05, 4.69) is 25.2 Å². The number of likely N-dealkylation sites (tertiary alicyclic amines) is 1. The lowest BCUT2D eigenvalue weighted by atomic mass is 9.98. The number of carbonyl (C=O) groups is 1. The van der Waals surface area contributed by atoms with E-state index in [0.717, 1.165) is 42.4 Å². The van der Waals surface area contributed by atoms with Crippen molar-refractivity contribution in [2.45, 2.75) is 26.3 Å². The molecule has 1 unspecified atom stereocenters. The van der Waals surface area contributed by atoms with Crippen molar-refractivity contribution in [2.24, 2.45) is 10.9 Å². The molecule has 0 saturated carbocycles. The summed E-state index contributed by atoms with van der Waals surface area (Å²) in [5.41, 5.74) is 2.09. The lowest BCUT2D eigenvalue weighted by molar-refractivity contribution is -0.149. The molecule has 3 rings (SSSR count).